The van der Waals surface area contributed by atoms with Gasteiger partial charge in [0.2, 0.25) is 0 Å². The van der Waals surface area contributed by atoms with Crippen LogP contribution in [0, 0.1) is 6.92 Å². The molecule has 2 aliphatic heterocycles. The lowest BCUT2D eigenvalue weighted by Gasteiger charge is -2.36. The van der Waals surface area contributed by atoms with Gasteiger partial charge in [-0.25, -0.2) is 4.79 Å². The van der Waals surface area contributed by atoms with Gasteiger partial charge in [0.25, 0.3) is 5.91 Å². The van der Waals surface area contributed by atoms with Crippen LogP contribution >= 0.6 is 0 Å². The van der Waals surface area contributed by atoms with Crippen LogP contribution < -0.4 is 4.90 Å². The zero-order valence-electron chi connectivity index (χ0n) is 14.7. The molecule has 0 unspecified atom stereocenters. The van der Waals surface area contributed by atoms with E-state index in [1.54, 1.807) is 9.42 Å². The average Bonchev–Trinajstić information content (AvgIpc) is 3.36. The molecule has 4 heterocycles. The van der Waals surface area contributed by atoms with Gasteiger partial charge in [0.05, 0.1) is 0 Å². The zero-order valence-corrected chi connectivity index (χ0v) is 14.7. The average molecular weight is 355 g/mol. The van der Waals surface area contributed by atoms with Crippen LogP contribution in [0.3, 0.4) is 0 Å². The Morgan fingerprint density at radius 3 is 2.50 bits per heavy atom. The first-order valence-corrected chi connectivity index (χ1v) is 9.18. The molecule has 0 spiro atoms. The number of aromatic nitrogens is 4. The summed E-state index contributed by atoms with van der Waals surface area (Å²) in [4.78, 5) is 30.2. The minimum absolute atomic E-state index is 0.0323. The number of anilines is 1. The molecule has 3 fully saturated rings. The van der Waals surface area contributed by atoms with Crippen molar-refractivity contribution in [3.05, 3.63) is 18.0 Å². The third-order valence-electron chi connectivity index (χ3n) is 5.57. The summed E-state index contributed by atoms with van der Waals surface area (Å²) in [5.74, 6) is 1.62. The molecule has 0 radical (unpaired) electrons. The first-order valence-electron chi connectivity index (χ1n) is 9.18. The first-order chi connectivity index (χ1) is 12.6. The van der Waals surface area contributed by atoms with E-state index >= 15 is 0 Å². The van der Waals surface area contributed by atoms with E-state index in [9.17, 15) is 9.59 Å². The van der Waals surface area contributed by atoms with Crippen LogP contribution in [0.1, 0.15) is 31.5 Å². The second-order valence-corrected chi connectivity index (χ2v) is 7.33. The molecule has 136 valence electrons. The van der Waals surface area contributed by atoms with E-state index < -0.39 is 0 Å². The van der Waals surface area contributed by atoms with Crippen molar-refractivity contribution >= 4 is 23.4 Å². The quantitative estimate of drug-likeness (QED) is 0.758. The van der Waals surface area contributed by atoms with Crippen molar-refractivity contribution in [3.8, 4) is 0 Å². The van der Waals surface area contributed by atoms with Crippen molar-refractivity contribution in [1.82, 2.24) is 29.6 Å². The Morgan fingerprint density at radius 1 is 1.00 bits per heavy atom. The maximum Gasteiger partial charge on any atom is 0.327 e. The predicted molar refractivity (Wildman–Crippen MR) is 92.7 cm³/mol. The zero-order chi connectivity index (χ0) is 17.8. The molecule has 5 rings (SSSR count). The molecule has 3 amide bonds. The van der Waals surface area contributed by atoms with Gasteiger partial charge < -0.3 is 9.80 Å². The number of amides is 3. The van der Waals surface area contributed by atoms with Gasteiger partial charge in [0.15, 0.2) is 11.5 Å². The van der Waals surface area contributed by atoms with E-state index in [0.29, 0.717) is 0 Å². The molecule has 0 N–H and O–H groups in total. The van der Waals surface area contributed by atoms with Crippen LogP contribution in [0.4, 0.5) is 10.6 Å². The molecule has 9 nitrogen and oxygen atoms in total. The van der Waals surface area contributed by atoms with Crippen LogP contribution in [0.25, 0.3) is 5.65 Å². The number of aryl methyl sites for hydroxylation is 1. The highest BCUT2D eigenvalue weighted by Crippen LogP contribution is 2.32. The minimum Gasteiger partial charge on any atom is -0.355 e. The van der Waals surface area contributed by atoms with E-state index in [0.717, 1.165) is 56.1 Å². The number of fused-ring (bicyclic) bond motifs is 1. The topological polar surface area (TPSA) is 86.9 Å². The molecule has 3 aliphatic rings. The maximum absolute atomic E-state index is 12.6. The van der Waals surface area contributed by atoms with Gasteiger partial charge in [-0.05, 0) is 44.7 Å². The molecular formula is C17H21N7O2. The minimum atomic E-state index is -0.0874. The number of carbonyl (C=O) groups excluding carboxylic acids is 2. The number of piperidine rings is 1. The second-order valence-electron chi connectivity index (χ2n) is 7.33. The Bertz CT molecular complexity index is 882. The Labute approximate surface area is 150 Å². The summed E-state index contributed by atoms with van der Waals surface area (Å²) >= 11 is 0. The molecule has 1 aliphatic carbocycles. The Balaban J connectivity index is 1.27. The van der Waals surface area contributed by atoms with Crippen molar-refractivity contribution in [3.63, 3.8) is 0 Å². The van der Waals surface area contributed by atoms with E-state index in [-0.39, 0.29) is 30.6 Å². The van der Waals surface area contributed by atoms with Gasteiger partial charge in [-0.15, -0.1) is 15.3 Å². The van der Waals surface area contributed by atoms with Crippen LogP contribution in [0.5, 0.6) is 0 Å². The first kappa shape index (κ1) is 15.5. The smallest absolute Gasteiger partial charge is 0.327 e. The Morgan fingerprint density at radius 2 is 1.77 bits per heavy atom. The highest BCUT2D eigenvalue weighted by molar-refractivity contribution is 6.02. The number of nitrogens with zero attached hydrogens (tertiary/aromatic N) is 7. The lowest BCUT2D eigenvalue weighted by Crippen LogP contribution is -2.47. The van der Waals surface area contributed by atoms with Gasteiger partial charge in [0.1, 0.15) is 12.4 Å². The summed E-state index contributed by atoms with van der Waals surface area (Å²) in [6, 6.07) is 4.08. The van der Waals surface area contributed by atoms with Crippen LogP contribution in [0.2, 0.25) is 0 Å². The molecule has 0 atom stereocenters. The van der Waals surface area contributed by atoms with Crippen molar-refractivity contribution in [2.45, 2.75) is 44.7 Å². The fraction of sp³-hybridized carbons (Fsp3) is 0.588. The summed E-state index contributed by atoms with van der Waals surface area (Å²) < 4.78 is 1.75. The van der Waals surface area contributed by atoms with Gasteiger partial charge in [-0.1, -0.05) is 0 Å². The van der Waals surface area contributed by atoms with Crippen LogP contribution in [0.15, 0.2) is 12.1 Å². The number of rotatable bonds is 3. The van der Waals surface area contributed by atoms with E-state index in [2.05, 4.69) is 20.2 Å². The number of hydrogen-bond acceptors (Lipinski definition) is 6. The predicted octanol–water partition coefficient (Wildman–Crippen LogP) is 0.828. The summed E-state index contributed by atoms with van der Waals surface area (Å²) in [5.41, 5.74) is 0.738. The number of urea groups is 1. The summed E-state index contributed by atoms with van der Waals surface area (Å²) in [7, 11) is 0. The summed E-state index contributed by atoms with van der Waals surface area (Å²) in [6.07, 6.45) is 3.61. The number of carbonyl (C=O) groups is 2. The molecule has 2 saturated heterocycles. The lowest BCUT2D eigenvalue weighted by molar-refractivity contribution is -0.125. The van der Waals surface area contributed by atoms with E-state index in [4.69, 9.17) is 0 Å². The van der Waals surface area contributed by atoms with Crippen molar-refractivity contribution in [1.29, 1.82) is 0 Å². The van der Waals surface area contributed by atoms with Crippen molar-refractivity contribution in [2.75, 3.05) is 24.5 Å². The third kappa shape index (κ3) is 2.41. The standard InChI is InChI=1S/C17H21N7O2/c1-11-18-19-14-4-5-15(20-24(11)14)21-8-6-12(7-9-21)22-10-16(25)23(17(22)26)13-2-3-13/h4-5,12-13H,2-3,6-10H2,1H3. The lowest BCUT2D eigenvalue weighted by atomic mass is 10.0. The highest BCUT2D eigenvalue weighted by atomic mass is 16.2. The molecular weight excluding hydrogens is 334 g/mol. The monoisotopic (exact) mass is 355 g/mol. The fourth-order valence-corrected chi connectivity index (χ4v) is 3.97. The molecule has 9 heteroatoms. The largest absolute Gasteiger partial charge is 0.355 e. The molecule has 0 aromatic carbocycles. The van der Waals surface area contributed by atoms with Crippen molar-refractivity contribution in [2.24, 2.45) is 0 Å². The van der Waals surface area contributed by atoms with E-state index in [1.165, 1.54) is 4.90 Å². The molecule has 2 aromatic rings. The molecule has 26 heavy (non-hydrogen) atoms. The maximum atomic E-state index is 12.6. The number of imide groups is 1. The molecule has 2 aromatic heterocycles. The van der Waals surface area contributed by atoms with Crippen molar-refractivity contribution < 1.29 is 9.59 Å². The molecule has 1 saturated carbocycles. The Hall–Kier alpha value is -2.71. The second kappa shape index (κ2) is 5.65. The Kier molecular flexibility index (Phi) is 3.38. The highest BCUT2D eigenvalue weighted by Gasteiger charge is 2.47. The van der Waals surface area contributed by atoms with Gasteiger partial charge in [-0.2, -0.15) is 4.52 Å². The normalized spacial score (nSPS) is 22.1. The summed E-state index contributed by atoms with van der Waals surface area (Å²) in [6.45, 7) is 3.74. The van der Waals surface area contributed by atoms with Crippen LogP contribution in [-0.4, -0.2) is 73.3 Å². The number of hydrogen-bond donors (Lipinski definition) is 0. The van der Waals surface area contributed by atoms with E-state index in [1.807, 2.05) is 19.1 Å². The van der Waals surface area contributed by atoms with Crippen LogP contribution in [-0.2, 0) is 4.79 Å². The fourth-order valence-electron chi connectivity index (χ4n) is 3.97. The van der Waals surface area contributed by atoms with Gasteiger partial charge in [0, 0.05) is 25.2 Å². The molecule has 0 bridgehead atoms. The SMILES string of the molecule is Cc1nnc2ccc(N3CCC(N4CC(=O)N(C5CC5)C4=O)CC3)nn12. The van der Waals surface area contributed by atoms with Gasteiger partial charge in [-0.3, -0.25) is 9.69 Å². The third-order valence-corrected chi connectivity index (χ3v) is 5.57. The van der Waals surface area contributed by atoms with Gasteiger partial charge >= 0.3 is 6.03 Å². The summed E-state index contributed by atoms with van der Waals surface area (Å²) in [5, 5.41) is 12.7.